The van der Waals surface area contributed by atoms with Gasteiger partial charge < -0.3 is 29.6 Å². The van der Waals surface area contributed by atoms with Crippen molar-refractivity contribution in [1.29, 1.82) is 0 Å². The van der Waals surface area contributed by atoms with Gasteiger partial charge in [0.25, 0.3) is 5.91 Å². The van der Waals surface area contributed by atoms with Gasteiger partial charge in [-0.2, -0.15) is 0 Å². The molecule has 1 heterocycles. The van der Waals surface area contributed by atoms with Gasteiger partial charge in [0.15, 0.2) is 11.5 Å². The zero-order valence-corrected chi connectivity index (χ0v) is 15.6. The summed E-state index contributed by atoms with van der Waals surface area (Å²) in [6, 6.07) is 3.29. The monoisotopic (exact) mass is 352 g/mol. The Labute approximate surface area is 149 Å². The third-order valence-electron chi connectivity index (χ3n) is 4.48. The summed E-state index contributed by atoms with van der Waals surface area (Å²) >= 11 is 0. The maximum Gasteiger partial charge on any atom is 0.254 e. The Balaban J connectivity index is 2.40. The number of nitrogens with two attached hydrogens (primary N) is 1. The smallest absolute Gasteiger partial charge is 0.254 e. The van der Waals surface area contributed by atoms with Gasteiger partial charge in [-0.3, -0.25) is 4.79 Å². The molecule has 2 N–H and O–H groups in total. The highest BCUT2D eigenvalue weighted by molar-refractivity contribution is 5.96. The molecular weight excluding hydrogens is 324 g/mol. The molecule has 7 heteroatoms. The third-order valence-corrected chi connectivity index (χ3v) is 4.48. The van der Waals surface area contributed by atoms with E-state index in [0.717, 1.165) is 0 Å². The van der Waals surface area contributed by atoms with Gasteiger partial charge in [0.1, 0.15) is 0 Å². The van der Waals surface area contributed by atoms with Crippen LogP contribution in [-0.2, 0) is 4.74 Å². The topological polar surface area (TPSA) is 83.2 Å². The van der Waals surface area contributed by atoms with E-state index in [1.54, 1.807) is 12.1 Å². The Bertz CT molecular complexity index is 582. The highest BCUT2D eigenvalue weighted by atomic mass is 16.5. The lowest BCUT2D eigenvalue weighted by atomic mass is 10.0. The molecule has 0 bridgehead atoms. The van der Waals surface area contributed by atoms with Crippen molar-refractivity contribution >= 4 is 5.91 Å². The second kappa shape index (κ2) is 8.40. The molecule has 1 aliphatic heterocycles. The van der Waals surface area contributed by atoms with Crippen molar-refractivity contribution in [3.63, 3.8) is 0 Å². The van der Waals surface area contributed by atoms with Crippen molar-refractivity contribution in [2.75, 3.05) is 34.4 Å². The summed E-state index contributed by atoms with van der Waals surface area (Å²) in [5.41, 5.74) is 6.22. The van der Waals surface area contributed by atoms with Gasteiger partial charge in [-0.25, -0.2) is 0 Å². The number of hydrogen-bond acceptors (Lipinski definition) is 6. The molecular formula is C18H28N2O5. The predicted molar refractivity (Wildman–Crippen MR) is 94.6 cm³/mol. The van der Waals surface area contributed by atoms with Gasteiger partial charge in [-0.1, -0.05) is 0 Å². The minimum atomic E-state index is -0.0975. The summed E-state index contributed by atoms with van der Waals surface area (Å²) in [4.78, 5) is 15.0. The van der Waals surface area contributed by atoms with E-state index in [0.29, 0.717) is 42.3 Å². The van der Waals surface area contributed by atoms with Crippen LogP contribution in [0.2, 0.25) is 0 Å². The fourth-order valence-corrected chi connectivity index (χ4v) is 3.33. The largest absolute Gasteiger partial charge is 0.493 e. The first kappa shape index (κ1) is 19.3. The summed E-state index contributed by atoms with van der Waals surface area (Å²) < 4.78 is 21.9. The third kappa shape index (κ3) is 3.99. The highest BCUT2D eigenvalue weighted by Crippen LogP contribution is 2.39. The lowest BCUT2D eigenvalue weighted by molar-refractivity contribution is -0.0927. The summed E-state index contributed by atoms with van der Waals surface area (Å²) in [5.74, 6) is 1.27. The molecule has 1 amide bonds. The van der Waals surface area contributed by atoms with Crippen molar-refractivity contribution in [2.45, 2.75) is 38.5 Å². The van der Waals surface area contributed by atoms with E-state index in [2.05, 4.69) is 0 Å². The Kier molecular flexibility index (Phi) is 6.50. The number of ether oxygens (including phenoxy) is 4. The van der Waals surface area contributed by atoms with Crippen LogP contribution >= 0.6 is 0 Å². The van der Waals surface area contributed by atoms with Crippen LogP contribution in [0.1, 0.15) is 30.6 Å². The molecule has 2 rings (SSSR count). The molecule has 0 saturated carbocycles. The van der Waals surface area contributed by atoms with Crippen LogP contribution in [-0.4, -0.2) is 63.5 Å². The van der Waals surface area contributed by atoms with Crippen LogP contribution in [0.3, 0.4) is 0 Å². The van der Waals surface area contributed by atoms with Gasteiger partial charge in [-0.05, 0) is 38.9 Å². The van der Waals surface area contributed by atoms with E-state index in [9.17, 15) is 4.79 Å². The van der Waals surface area contributed by atoms with E-state index < -0.39 is 0 Å². The molecule has 3 atom stereocenters. The average Bonchev–Trinajstić information content (AvgIpc) is 2.61. The van der Waals surface area contributed by atoms with Gasteiger partial charge in [0, 0.05) is 12.1 Å². The highest BCUT2D eigenvalue weighted by Gasteiger charge is 2.36. The van der Waals surface area contributed by atoms with E-state index in [-0.39, 0.29) is 24.2 Å². The summed E-state index contributed by atoms with van der Waals surface area (Å²) in [7, 11) is 4.59. The minimum absolute atomic E-state index is 0.0324. The van der Waals surface area contributed by atoms with Crippen molar-refractivity contribution in [3.8, 4) is 17.2 Å². The fourth-order valence-electron chi connectivity index (χ4n) is 3.33. The lowest BCUT2D eigenvalue weighted by Crippen LogP contribution is -2.56. The number of hydrogen-bond donors (Lipinski definition) is 1. The second-order valence-electron chi connectivity index (χ2n) is 6.17. The van der Waals surface area contributed by atoms with Crippen LogP contribution in [0.15, 0.2) is 12.1 Å². The molecule has 140 valence electrons. The molecule has 1 fully saturated rings. The molecule has 0 aliphatic carbocycles. The molecule has 3 unspecified atom stereocenters. The molecule has 7 nitrogen and oxygen atoms in total. The van der Waals surface area contributed by atoms with E-state index >= 15 is 0 Å². The molecule has 1 saturated heterocycles. The predicted octanol–water partition coefficient (Wildman–Crippen LogP) is 1.68. The zero-order chi connectivity index (χ0) is 18.6. The van der Waals surface area contributed by atoms with Gasteiger partial charge in [-0.15, -0.1) is 0 Å². The SMILES string of the molecule is COc1cc(C(=O)N2CC(C)OC(C)C2CCN)cc(OC)c1OC. The van der Waals surface area contributed by atoms with Crippen LogP contribution in [0.4, 0.5) is 0 Å². The second-order valence-corrected chi connectivity index (χ2v) is 6.17. The van der Waals surface area contributed by atoms with E-state index in [4.69, 9.17) is 24.7 Å². The maximum atomic E-state index is 13.2. The number of nitrogens with zero attached hydrogens (tertiary/aromatic N) is 1. The summed E-state index contributed by atoms with van der Waals surface area (Å²) in [6.45, 7) is 4.95. The number of carbonyl (C=O) groups excluding carboxylic acids is 1. The fraction of sp³-hybridized carbons (Fsp3) is 0.611. The Morgan fingerprint density at radius 1 is 1.20 bits per heavy atom. The lowest BCUT2D eigenvalue weighted by Gasteiger charge is -2.43. The van der Waals surface area contributed by atoms with E-state index in [1.165, 1.54) is 21.3 Å². The van der Waals surface area contributed by atoms with Crippen molar-refractivity contribution in [2.24, 2.45) is 5.73 Å². The van der Waals surface area contributed by atoms with E-state index in [1.807, 2.05) is 18.7 Å². The number of carbonyl (C=O) groups is 1. The molecule has 1 aromatic carbocycles. The molecule has 0 spiro atoms. The van der Waals surface area contributed by atoms with Crippen LogP contribution in [0.25, 0.3) is 0 Å². The quantitative estimate of drug-likeness (QED) is 0.839. The van der Waals surface area contributed by atoms with Crippen molar-refractivity contribution in [3.05, 3.63) is 17.7 Å². The number of methoxy groups -OCH3 is 3. The normalized spacial score (nSPS) is 23.3. The first-order chi connectivity index (χ1) is 12.0. The van der Waals surface area contributed by atoms with Crippen molar-refractivity contribution < 1.29 is 23.7 Å². The number of morpholine rings is 1. The van der Waals surface area contributed by atoms with Crippen molar-refractivity contribution in [1.82, 2.24) is 4.90 Å². The Morgan fingerprint density at radius 3 is 2.28 bits per heavy atom. The first-order valence-corrected chi connectivity index (χ1v) is 8.43. The number of rotatable bonds is 6. The first-order valence-electron chi connectivity index (χ1n) is 8.43. The number of benzene rings is 1. The zero-order valence-electron chi connectivity index (χ0n) is 15.6. The van der Waals surface area contributed by atoms with Crippen LogP contribution in [0, 0.1) is 0 Å². The molecule has 1 aromatic rings. The van der Waals surface area contributed by atoms with Crippen LogP contribution in [0.5, 0.6) is 17.2 Å². The maximum absolute atomic E-state index is 13.2. The number of amides is 1. The summed E-state index contributed by atoms with van der Waals surface area (Å²) in [6.07, 6.45) is 0.581. The van der Waals surface area contributed by atoms with Gasteiger partial charge >= 0.3 is 0 Å². The molecule has 25 heavy (non-hydrogen) atoms. The minimum Gasteiger partial charge on any atom is -0.493 e. The molecule has 0 radical (unpaired) electrons. The Morgan fingerprint density at radius 2 is 1.80 bits per heavy atom. The van der Waals surface area contributed by atoms with Gasteiger partial charge in [0.05, 0.1) is 39.6 Å². The molecule has 1 aliphatic rings. The van der Waals surface area contributed by atoms with Gasteiger partial charge in [0.2, 0.25) is 5.75 Å². The van der Waals surface area contributed by atoms with Crippen LogP contribution < -0.4 is 19.9 Å². The standard InChI is InChI=1S/C18H28N2O5/c1-11-10-20(14(6-7-19)12(2)25-11)18(21)13-8-15(22-3)17(24-5)16(9-13)23-4/h8-9,11-12,14H,6-7,10,19H2,1-5H3. The molecule has 0 aromatic heterocycles. The summed E-state index contributed by atoms with van der Waals surface area (Å²) in [5, 5.41) is 0. The Hall–Kier alpha value is -1.99. The average molecular weight is 352 g/mol.